The standard InChI is InChI=1S/C13H14FN5/c1-9(13-18-17-8-19(13)2)16-7-11-3-10(6-15)4-12(14)5-11/h3-5,8-9,16H,7H2,1-2H3. The maximum Gasteiger partial charge on any atom is 0.149 e. The van der Waals surface area contributed by atoms with Crippen LogP contribution in [0.4, 0.5) is 4.39 Å². The summed E-state index contributed by atoms with van der Waals surface area (Å²) in [5, 5.41) is 19.8. The van der Waals surface area contributed by atoms with Gasteiger partial charge in [0.2, 0.25) is 0 Å². The summed E-state index contributed by atoms with van der Waals surface area (Å²) in [7, 11) is 1.86. The van der Waals surface area contributed by atoms with Gasteiger partial charge in [-0.2, -0.15) is 5.26 Å². The van der Waals surface area contributed by atoms with Crippen LogP contribution in [0.2, 0.25) is 0 Å². The smallest absolute Gasteiger partial charge is 0.149 e. The molecule has 2 aromatic rings. The van der Waals surface area contributed by atoms with Gasteiger partial charge in [-0.15, -0.1) is 10.2 Å². The minimum absolute atomic E-state index is 0.0127. The van der Waals surface area contributed by atoms with Crippen LogP contribution < -0.4 is 5.32 Å². The average molecular weight is 259 g/mol. The van der Waals surface area contributed by atoms with Crippen molar-refractivity contribution in [3.05, 3.63) is 47.3 Å². The first-order valence-corrected chi connectivity index (χ1v) is 5.87. The van der Waals surface area contributed by atoms with Gasteiger partial charge in [0.15, 0.2) is 0 Å². The molecule has 2 rings (SSSR count). The van der Waals surface area contributed by atoms with Crippen molar-refractivity contribution in [2.75, 3.05) is 0 Å². The van der Waals surface area contributed by atoms with Crippen LogP contribution in [0.25, 0.3) is 0 Å². The van der Waals surface area contributed by atoms with Gasteiger partial charge in [-0.25, -0.2) is 4.39 Å². The zero-order valence-corrected chi connectivity index (χ0v) is 10.8. The van der Waals surface area contributed by atoms with Crippen molar-refractivity contribution in [2.45, 2.75) is 19.5 Å². The summed E-state index contributed by atoms with van der Waals surface area (Å²) >= 11 is 0. The highest BCUT2D eigenvalue weighted by Gasteiger charge is 2.10. The van der Waals surface area contributed by atoms with Gasteiger partial charge in [-0.3, -0.25) is 0 Å². The molecule has 0 aliphatic rings. The third-order valence-electron chi connectivity index (χ3n) is 2.83. The molecule has 98 valence electrons. The molecule has 1 unspecified atom stereocenters. The minimum atomic E-state index is -0.401. The Morgan fingerprint density at radius 3 is 2.89 bits per heavy atom. The fourth-order valence-corrected chi connectivity index (χ4v) is 1.86. The predicted octanol–water partition coefficient (Wildman–Crippen LogP) is 1.68. The molecule has 0 amide bonds. The lowest BCUT2D eigenvalue weighted by Crippen LogP contribution is -2.21. The fraction of sp³-hybridized carbons (Fsp3) is 0.308. The van der Waals surface area contributed by atoms with E-state index in [1.807, 2.05) is 24.6 Å². The number of nitriles is 1. The fourth-order valence-electron chi connectivity index (χ4n) is 1.86. The van der Waals surface area contributed by atoms with E-state index < -0.39 is 5.82 Å². The monoisotopic (exact) mass is 259 g/mol. The van der Waals surface area contributed by atoms with Gasteiger partial charge in [-0.05, 0) is 30.7 Å². The molecule has 0 spiro atoms. The molecule has 0 radical (unpaired) electrons. The quantitative estimate of drug-likeness (QED) is 0.907. The highest BCUT2D eigenvalue weighted by molar-refractivity contribution is 5.33. The van der Waals surface area contributed by atoms with Crippen LogP contribution in [0, 0.1) is 17.1 Å². The maximum absolute atomic E-state index is 13.3. The van der Waals surface area contributed by atoms with Crippen molar-refractivity contribution in [3.63, 3.8) is 0 Å². The summed E-state index contributed by atoms with van der Waals surface area (Å²) in [4.78, 5) is 0. The molecule has 0 saturated heterocycles. The highest BCUT2D eigenvalue weighted by Crippen LogP contribution is 2.12. The third kappa shape index (κ3) is 3.14. The predicted molar refractivity (Wildman–Crippen MR) is 67.4 cm³/mol. The number of benzene rings is 1. The third-order valence-corrected chi connectivity index (χ3v) is 2.83. The summed E-state index contributed by atoms with van der Waals surface area (Å²) in [6.07, 6.45) is 1.63. The van der Waals surface area contributed by atoms with Gasteiger partial charge in [0.05, 0.1) is 17.7 Å². The van der Waals surface area contributed by atoms with E-state index >= 15 is 0 Å². The molecule has 0 saturated carbocycles. The van der Waals surface area contributed by atoms with Crippen LogP contribution in [0.15, 0.2) is 24.5 Å². The number of nitrogens with one attached hydrogen (secondary N) is 1. The average Bonchev–Trinajstić information content (AvgIpc) is 2.81. The van der Waals surface area contributed by atoms with E-state index in [-0.39, 0.29) is 6.04 Å². The Kier molecular flexibility index (Phi) is 3.88. The normalized spacial score (nSPS) is 12.1. The lowest BCUT2D eigenvalue weighted by molar-refractivity contribution is 0.526. The molecule has 0 fully saturated rings. The van der Waals surface area contributed by atoms with E-state index in [0.717, 1.165) is 11.4 Å². The van der Waals surface area contributed by atoms with Gasteiger partial charge in [-0.1, -0.05) is 0 Å². The number of hydrogen-bond donors (Lipinski definition) is 1. The van der Waals surface area contributed by atoms with Crippen molar-refractivity contribution < 1.29 is 4.39 Å². The molecule has 1 atom stereocenters. The van der Waals surface area contributed by atoms with Crippen LogP contribution in [-0.2, 0) is 13.6 Å². The summed E-state index contributed by atoms with van der Waals surface area (Å²) in [5.74, 6) is 0.402. The van der Waals surface area contributed by atoms with Gasteiger partial charge < -0.3 is 9.88 Å². The number of aryl methyl sites for hydroxylation is 1. The molecule has 0 bridgehead atoms. The van der Waals surface area contributed by atoms with E-state index in [1.54, 1.807) is 12.4 Å². The Balaban J connectivity index is 2.05. The van der Waals surface area contributed by atoms with Crippen LogP contribution in [0.5, 0.6) is 0 Å². The molecule has 19 heavy (non-hydrogen) atoms. The van der Waals surface area contributed by atoms with Crippen molar-refractivity contribution in [1.82, 2.24) is 20.1 Å². The topological polar surface area (TPSA) is 66.5 Å². The van der Waals surface area contributed by atoms with E-state index in [0.29, 0.717) is 12.1 Å². The van der Waals surface area contributed by atoms with E-state index in [1.165, 1.54) is 12.1 Å². The first-order valence-electron chi connectivity index (χ1n) is 5.87. The number of halogens is 1. The van der Waals surface area contributed by atoms with Gasteiger partial charge >= 0.3 is 0 Å². The SMILES string of the molecule is CC(NCc1cc(F)cc(C#N)c1)c1nncn1C. The minimum Gasteiger partial charge on any atom is -0.319 e. The van der Waals surface area contributed by atoms with Crippen molar-refractivity contribution in [3.8, 4) is 6.07 Å². The Labute approximate surface area is 110 Å². The summed E-state index contributed by atoms with van der Waals surface area (Å²) in [6.45, 7) is 2.41. The Morgan fingerprint density at radius 2 is 2.26 bits per heavy atom. The van der Waals surface area contributed by atoms with Crippen molar-refractivity contribution >= 4 is 0 Å². The van der Waals surface area contributed by atoms with E-state index in [4.69, 9.17) is 5.26 Å². The number of rotatable bonds is 4. The second-order valence-electron chi connectivity index (χ2n) is 4.36. The molecule has 0 aliphatic heterocycles. The summed E-state index contributed by atoms with van der Waals surface area (Å²) < 4.78 is 15.1. The lowest BCUT2D eigenvalue weighted by atomic mass is 10.1. The molecule has 0 aliphatic carbocycles. The summed E-state index contributed by atoms with van der Waals surface area (Å²) in [5.41, 5.74) is 1.05. The lowest BCUT2D eigenvalue weighted by Gasteiger charge is -2.13. The largest absolute Gasteiger partial charge is 0.319 e. The molecule has 1 aromatic carbocycles. The first kappa shape index (κ1) is 13.2. The number of nitrogens with zero attached hydrogens (tertiary/aromatic N) is 4. The number of hydrogen-bond acceptors (Lipinski definition) is 4. The highest BCUT2D eigenvalue weighted by atomic mass is 19.1. The molecular formula is C13H14FN5. The van der Waals surface area contributed by atoms with Crippen LogP contribution in [-0.4, -0.2) is 14.8 Å². The van der Waals surface area contributed by atoms with Crippen LogP contribution in [0.3, 0.4) is 0 Å². The van der Waals surface area contributed by atoms with Crippen molar-refractivity contribution in [1.29, 1.82) is 5.26 Å². The zero-order chi connectivity index (χ0) is 13.8. The molecule has 5 nitrogen and oxygen atoms in total. The Hall–Kier alpha value is -2.26. The number of aromatic nitrogens is 3. The van der Waals surface area contributed by atoms with Gasteiger partial charge in [0, 0.05) is 13.6 Å². The first-order chi connectivity index (χ1) is 9.10. The van der Waals surface area contributed by atoms with Crippen molar-refractivity contribution in [2.24, 2.45) is 7.05 Å². The molecule has 6 heteroatoms. The molecule has 1 aromatic heterocycles. The second-order valence-corrected chi connectivity index (χ2v) is 4.36. The zero-order valence-electron chi connectivity index (χ0n) is 10.8. The Bertz CT molecular complexity index is 614. The second kappa shape index (κ2) is 5.59. The molecule has 1 N–H and O–H groups in total. The van der Waals surface area contributed by atoms with Crippen LogP contribution >= 0.6 is 0 Å². The summed E-state index contributed by atoms with van der Waals surface area (Å²) in [6, 6.07) is 6.22. The van der Waals surface area contributed by atoms with E-state index in [2.05, 4.69) is 15.5 Å². The van der Waals surface area contributed by atoms with E-state index in [9.17, 15) is 4.39 Å². The molecule has 1 heterocycles. The van der Waals surface area contributed by atoms with Gasteiger partial charge in [0.1, 0.15) is 18.0 Å². The Morgan fingerprint density at radius 1 is 1.47 bits per heavy atom. The maximum atomic E-state index is 13.3. The van der Waals surface area contributed by atoms with Gasteiger partial charge in [0.25, 0.3) is 0 Å². The molecular weight excluding hydrogens is 245 g/mol. The van der Waals surface area contributed by atoms with Crippen LogP contribution in [0.1, 0.15) is 29.9 Å².